The maximum Gasteiger partial charge on any atom is 0.152 e. The zero-order valence-corrected chi connectivity index (χ0v) is 47.1. The molecule has 0 unspecified atom stereocenters. The first kappa shape index (κ1) is 51.3. The van der Waals surface area contributed by atoms with Gasteiger partial charge in [0, 0.05) is 79.9 Å². The van der Waals surface area contributed by atoms with Crippen molar-refractivity contribution in [2.24, 2.45) is 0 Å². The molecule has 5 heterocycles. The Morgan fingerprint density at radius 1 is 0.314 bits per heavy atom. The van der Waals surface area contributed by atoms with Crippen molar-refractivity contribution in [1.29, 1.82) is 0 Å². The van der Waals surface area contributed by atoms with Crippen molar-refractivity contribution in [2.75, 3.05) is 9.80 Å². The normalized spacial score (nSPS) is 11.4. The number of aryl methyl sites for hydroxylation is 2. The molecule has 0 fully saturated rings. The van der Waals surface area contributed by atoms with Crippen LogP contribution in [-0.2, 0) is 0 Å². The fraction of sp³-hybridized carbons (Fsp3) is 0.0263. The van der Waals surface area contributed by atoms with Crippen LogP contribution in [0.15, 0.2) is 292 Å². The molecular weight excluding hydrogens is 1060 g/mol. The molecular formula is C76H54N8O2. The molecule has 0 radical (unpaired) electrons. The van der Waals surface area contributed by atoms with Gasteiger partial charge in [0.05, 0.1) is 57.2 Å². The number of anilines is 6. The average molecular weight is 1110 g/mol. The highest BCUT2D eigenvalue weighted by Gasteiger charge is 2.23. The number of hydrogen-bond acceptors (Lipinski definition) is 8. The number of para-hydroxylation sites is 6. The predicted molar refractivity (Wildman–Crippen MR) is 349 cm³/mol. The second kappa shape index (κ2) is 21.9. The Hall–Kier alpha value is -11.6. The van der Waals surface area contributed by atoms with Crippen LogP contribution in [0.3, 0.4) is 0 Å². The van der Waals surface area contributed by atoms with Crippen LogP contribution in [0, 0.1) is 13.8 Å². The fourth-order valence-corrected chi connectivity index (χ4v) is 11.7. The first-order chi connectivity index (χ1) is 42.5. The van der Waals surface area contributed by atoms with Gasteiger partial charge in [-0.05, 0) is 158 Å². The molecule has 15 aromatic rings. The minimum atomic E-state index is 0.629. The van der Waals surface area contributed by atoms with Gasteiger partial charge in [-0.1, -0.05) is 121 Å². The van der Waals surface area contributed by atoms with Gasteiger partial charge in [-0.15, -0.1) is 0 Å². The second-order valence-corrected chi connectivity index (χ2v) is 21.3. The summed E-state index contributed by atoms with van der Waals surface area (Å²) in [7, 11) is 0. The van der Waals surface area contributed by atoms with Crippen LogP contribution in [0.2, 0.25) is 0 Å². The van der Waals surface area contributed by atoms with E-state index in [-0.39, 0.29) is 0 Å². The van der Waals surface area contributed by atoms with Crippen LogP contribution in [0.4, 0.5) is 34.1 Å². The molecule has 5 aromatic heterocycles. The van der Waals surface area contributed by atoms with Crippen molar-refractivity contribution < 1.29 is 9.47 Å². The van der Waals surface area contributed by atoms with Gasteiger partial charge >= 0.3 is 0 Å². The summed E-state index contributed by atoms with van der Waals surface area (Å²) in [6.45, 7) is 4.18. The smallest absolute Gasteiger partial charge is 0.152 e. The van der Waals surface area contributed by atoms with Gasteiger partial charge in [-0.2, -0.15) is 0 Å². The number of aromatic nitrogens is 6. The maximum atomic E-state index is 7.19. The number of hydrogen-bond donors (Lipinski definition) is 0. The highest BCUT2D eigenvalue weighted by molar-refractivity contribution is 6.10. The van der Waals surface area contributed by atoms with Crippen LogP contribution in [0.5, 0.6) is 23.0 Å². The SMILES string of the molecule is Cc1ccnc(-n2c3ccccc3c3ccc(Oc4cc(-c5cnc(-c6ccc(N(c7ccccc7)c7ccccc7)c(Oc7ccc8c9ccccc9n(-c9cc(C)ccn9)c8c7)c6)cn5)ccc4N(c4ccccc4)c4ccccc4)cc32)c1. The van der Waals surface area contributed by atoms with Crippen molar-refractivity contribution in [2.45, 2.75) is 13.8 Å². The van der Waals surface area contributed by atoms with Gasteiger partial charge in [0.2, 0.25) is 0 Å². The molecule has 10 nitrogen and oxygen atoms in total. The number of nitrogens with zero attached hydrogens (tertiary/aromatic N) is 8. The van der Waals surface area contributed by atoms with E-state index in [0.29, 0.717) is 34.4 Å². The molecule has 0 bridgehead atoms. The fourth-order valence-electron chi connectivity index (χ4n) is 11.7. The number of ether oxygens (including phenoxy) is 2. The van der Waals surface area contributed by atoms with Crippen molar-refractivity contribution >= 4 is 77.7 Å². The zero-order chi connectivity index (χ0) is 57.5. The molecule has 410 valence electrons. The molecule has 0 aliphatic rings. The highest BCUT2D eigenvalue weighted by atomic mass is 16.5. The van der Waals surface area contributed by atoms with Crippen molar-refractivity contribution in [3.63, 3.8) is 0 Å². The standard InChI is InChI=1S/C76H54N8O2/c1-51-39-41-77-75(43-51)83-67-29-17-15-27-61(67)63-35-33-59(47-71(63)83)85-73-45-53(31-37-69(73)81(55-19-7-3-8-20-55)56-21-9-4-10-22-56)65-49-80-66(50-79-65)54-32-38-70(82(57-23-11-5-12-24-57)58-25-13-6-14-26-58)74(46-54)86-60-34-36-64-62-28-16-18-30-68(62)84(72(64)48-60)76-44-52(2)40-42-78-76/h3-50H,1-2H3. The van der Waals surface area contributed by atoms with Crippen LogP contribution < -0.4 is 19.3 Å². The van der Waals surface area contributed by atoms with E-state index in [1.807, 2.05) is 73.3 Å². The molecule has 0 N–H and O–H groups in total. The molecule has 86 heavy (non-hydrogen) atoms. The van der Waals surface area contributed by atoms with Crippen molar-refractivity contribution in [1.82, 2.24) is 29.1 Å². The molecule has 0 saturated heterocycles. The molecule has 0 atom stereocenters. The average Bonchev–Trinajstić information content (AvgIpc) is 1.91. The third kappa shape index (κ3) is 9.56. The van der Waals surface area contributed by atoms with Crippen LogP contribution in [0.1, 0.15) is 11.1 Å². The highest BCUT2D eigenvalue weighted by Crippen LogP contribution is 2.47. The van der Waals surface area contributed by atoms with E-state index >= 15 is 0 Å². The van der Waals surface area contributed by atoms with Gasteiger partial charge in [0.15, 0.2) is 11.5 Å². The van der Waals surface area contributed by atoms with Crippen LogP contribution in [0.25, 0.3) is 77.8 Å². The summed E-state index contributed by atoms with van der Waals surface area (Å²) in [5.74, 6) is 4.27. The number of rotatable bonds is 14. The van der Waals surface area contributed by atoms with E-state index in [1.165, 1.54) is 0 Å². The van der Waals surface area contributed by atoms with Gasteiger partial charge < -0.3 is 19.3 Å². The van der Waals surface area contributed by atoms with Crippen LogP contribution >= 0.6 is 0 Å². The molecule has 0 aliphatic heterocycles. The van der Waals surface area contributed by atoms with Crippen LogP contribution in [-0.4, -0.2) is 29.1 Å². The zero-order valence-electron chi connectivity index (χ0n) is 47.1. The summed E-state index contributed by atoms with van der Waals surface area (Å²) in [4.78, 5) is 24.4. The third-order valence-electron chi connectivity index (χ3n) is 15.7. The summed E-state index contributed by atoms with van der Waals surface area (Å²) < 4.78 is 18.8. The Morgan fingerprint density at radius 2 is 0.674 bits per heavy atom. The Morgan fingerprint density at radius 3 is 1.05 bits per heavy atom. The van der Waals surface area contributed by atoms with Gasteiger partial charge in [0.1, 0.15) is 23.1 Å². The first-order valence-electron chi connectivity index (χ1n) is 28.7. The maximum absolute atomic E-state index is 7.19. The monoisotopic (exact) mass is 1110 g/mol. The molecule has 0 amide bonds. The van der Waals surface area contributed by atoms with E-state index in [4.69, 9.17) is 29.4 Å². The second-order valence-electron chi connectivity index (χ2n) is 21.3. The lowest BCUT2D eigenvalue weighted by Crippen LogP contribution is -2.11. The largest absolute Gasteiger partial charge is 0.455 e. The quantitative estimate of drug-likeness (QED) is 0.106. The molecule has 10 aromatic carbocycles. The Kier molecular flexibility index (Phi) is 13.1. The Balaban J connectivity index is 0.839. The Labute approximate surface area is 497 Å². The summed E-state index contributed by atoms with van der Waals surface area (Å²) in [6, 6.07) is 91.8. The summed E-state index contributed by atoms with van der Waals surface area (Å²) in [5.41, 5.74) is 15.0. The lowest BCUT2D eigenvalue weighted by atomic mass is 10.1. The van der Waals surface area contributed by atoms with Gasteiger partial charge in [-0.3, -0.25) is 19.1 Å². The van der Waals surface area contributed by atoms with E-state index in [1.54, 1.807) is 0 Å². The van der Waals surface area contributed by atoms with Gasteiger partial charge in [-0.25, -0.2) is 9.97 Å². The molecule has 15 rings (SSSR count). The predicted octanol–water partition coefficient (Wildman–Crippen LogP) is 19.9. The molecule has 0 saturated carbocycles. The third-order valence-corrected chi connectivity index (χ3v) is 15.7. The van der Waals surface area contributed by atoms with Crippen molar-refractivity contribution in [3.8, 4) is 57.1 Å². The number of benzene rings is 10. The van der Waals surface area contributed by atoms with E-state index in [2.05, 4.69) is 251 Å². The number of fused-ring (bicyclic) bond motifs is 6. The van der Waals surface area contributed by atoms with E-state index in [9.17, 15) is 0 Å². The summed E-state index contributed by atoms with van der Waals surface area (Å²) in [6.07, 6.45) is 7.39. The Bertz CT molecular complexity index is 4580. The molecule has 0 aliphatic carbocycles. The molecule has 10 heteroatoms. The van der Waals surface area contributed by atoms with E-state index in [0.717, 1.165) is 112 Å². The molecule has 0 spiro atoms. The first-order valence-corrected chi connectivity index (χ1v) is 28.7. The van der Waals surface area contributed by atoms with Crippen molar-refractivity contribution in [3.05, 3.63) is 303 Å². The minimum Gasteiger partial charge on any atom is -0.455 e. The minimum absolute atomic E-state index is 0.629. The van der Waals surface area contributed by atoms with E-state index < -0.39 is 0 Å². The van der Waals surface area contributed by atoms with Gasteiger partial charge in [0.25, 0.3) is 0 Å². The lowest BCUT2D eigenvalue weighted by Gasteiger charge is -2.28. The lowest BCUT2D eigenvalue weighted by molar-refractivity contribution is 0.484. The number of pyridine rings is 2. The summed E-state index contributed by atoms with van der Waals surface area (Å²) >= 11 is 0. The summed E-state index contributed by atoms with van der Waals surface area (Å²) in [5, 5.41) is 4.48. The topological polar surface area (TPSA) is 86.4 Å².